The van der Waals surface area contributed by atoms with Gasteiger partial charge in [0, 0.05) is 18.3 Å². The van der Waals surface area contributed by atoms with Gasteiger partial charge in [-0.1, -0.05) is 13.8 Å². The highest BCUT2D eigenvalue weighted by Crippen LogP contribution is 2.23. The summed E-state index contributed by atoms with van der Waals surface area (Å²) in [6, 6.07) is 12.4. The molecular weight excluding hydrogens is 304 g/mol. The molecule has 0 N–H and O–H groups in total. The molecule has 0 heterocycles. The van der Waals surface area contributed by atoms with Crippen molar-refractivity contribution in [2.45, 2.75) is 27.2 Å². The normalized spacial score (nSPS) is 11.2. The van der Waals surface area contributed by atoms with Gasteiger partial charge in [-0.25, -0.2) is 0 Å². The number of non-ortho nitro benzene ring substituents is 1. The smallest absolute Gasteiger partial charge is 0.269 e. The van der Waals surface area contributed by atoms with E-state index in [2.05, 4.69) is 18.8 Å². The Kier molecular flexibility index (Phi) is 6.07. The first kappa shape index (κ1) is 17.7. The third-order valence-electron chi connectivity index (χ3n) is 3.59. The Morgan fingerprint density at radius 2 is 1.92 bits per heavy atom. The summed E-state index contributed by atoms with van der Waals surface area (Å²) in [5.74, 6) is 1.47. The van der Waals surface area contributed by atoms with E-state index in [1.807, 2.05) is 31.2 Å². The van der Waals surface area contributed by atoms with Gasteiger partial charge in [0.15, 0.2) is 0 Å². The number of nitro benzene ring substituents is 1. The molecule has 0 aromatic heterocycles. The molecule has 0 atom stereocenters. The molecule has 0 spiro atoms. The Balaban J connectivity index is 2.00. The molecule has 0 bridgehead atoms. The van der Waals surface area contributed by atoms with Gasteiger partial charge in [0.1, 0.15) is 5.75 Å². The van der Waals surface area contributed by atoms with Crippen molar-refractivity contribution in [2.24, 2.45) is 10.9 Å². The van der Waals surface area contributed by atoms with Crippen LogP contribution >= 0.6 is 0 Å². The van der Waals surface area contributed by atoms with Crippen molar-refractivity contribution in [3.05, 3.63) is 63.7 Å². The molecule has 126 valence electrons. The number of hydrogen-bond donors (Lipinski definition) is 0. The highest BCUT2D eigenvalue weighted by molar-refractivity contribution is 5.82. The third-order valence-corrected chi connectivity index (χ3v) is 3.59. The van der Waals surface area contributed by atoms with Crippen molar-refractivity contribution in [1.82, 2.24) is 0 Å². The molecule has 2 aromatic carbocycles. The summed E-state index contributed by atoms with van der Waals surface area (Å²) in [7, 11) is 0. The monoisotopic (exact) mass is 326 g/mol. The summed E-state index contributed by atoms with van der Waals surface area (Å²) in [5.41, 5.74) is 2.52. The van der Waals surface area contributed by atoms with E-state index in [1.54, 1.807) is 12.3 Å². The van der Waals surface area contributed by atoms with E-state index in [9.17, 15) is 10.1 Å². The Morgan fingerprint density at radius 3 is 2.50 bits per heavy atom. The Hall–Kier alpha value is -2.69. The molecule has 0 unspecified atom stereocenters. The van der Waals surface area contributed by atoms with Gasteiger partial charge in [0.2, 0.25) is 0 Å². The van der Waals surface area contributed by atoms with E-state index in [-0.39, 0.29) is 5.69 Å². The summed E-state index contributed by atoms with van der Waals surface area (Å²) in [6.45, 7) is 6.87. The molecule has 0 saturated carbocycles. The van der Waals surface area contributed by atoms with E-state index in [0.29, 0.717) is 12.5 Å². The van der Waals surface area contributed by atoms with Gasteiger partial charge in [-0.15, -0.1) is 0 Å². The van der Waals surface area contributed by atoms with Gasteiger partial charge in [0.05, 0.1) is 17.2 Å². The quantitative estimate of drug-likeness (QED) is 0.405. The fourth-order valence-electron chi connectivity index (χ4n) is 2.10. The van der Waals surface area contributed by atoms with E-state index < -0.39 is 4.92 Å². The maximum absolute atomic E-state index is 10.7. The number of benzene rings is 2. The molecule has 2 rings (SSSR count). The lowest BCUT2D eigenvalue weighted by Crippen LogP contribution is -2.01. The number of nitrogens with zero attached hydrogens (tertiary/aromatic N) is 2. The number of hydrogen-bond acceptors (Lipinski definition) is 4. The number of nitro groups is 1. The lowest BCUT2D eigenvalue weighted by Gasteiger charge is -2.08. The zero-order valence-electron chi connectivity index (χ0n) is 14.2. The van der Waals surface area contributed by atoms with Crippen molar-refractivity contribution < 1.29 is 9.66 Å². The van der Waals surface area contributed by atoms with Crippen molar-refractivity contribution in [2.75, 3.05) is 6.61 Å². The van der Waals surface area contributed by atoms with E-state index in [0.717, 1.165) is 29.0 Å². The lowest BCUT2D eigenvalue weighted by atomic mass is 10.1. The van der Waals surface area contributed by atoms with Crippen LogP contribution in [0.15, 0.2) is 47.5 Å². The van der Waals surface area contributed by atoms with E-state index >= 15 is 0 Å². The van der Waals surface area contributed by atoms with Crippen LogP contribution in [0, 0.1) is 23.0 Å². The van der Waals surface area contributed by atoms with Crippen molar-refractivity contribution in [3.63, 3.8) is 0 Å². The van der Waals surface area contributed by atoms with Crippen LogP contribution < -0.4 is 4.74 Å². The largest absolute Gasteiger partial charge is 0.494 e. The van der Waals surface area contributed by atoms with Crippen LogP contribution in [0.2, 0.25) is 0 Å². The number of aliphatic imine (C=N–C) groups is 1. The summed E-state index contributed by atoms with van der Waals surface area (Å²) in [4.78, 5) is 14.7. The van der Waals surface area contributed by atoms with Gasteiger partial charge < -0.3 is 4.74 Å². The summed E-state index contributed by atoms with van der Waals surface area (Å²) in [6.07, 6.45) is 2.77. The minimum Gasteiger partial charge on any atom is -0.494 e. The van der Waals surface area contributed by atoms with E-state index in [1.165, 1.54) is 12.1 Å². The maximum atomic E-state index is 10.7. The van der Waals surface area contributed by atoms with Crippen LogP contribution in [0.5, 0.6) is 5.75 Å². The predicted octanol–water partition coefficient (Wildman–Crippen LogP) is 5.08. The summed E-state index contributed by atoms with van der Waals surface area (Å²) in [5, 5.41) is 10.7. The van der Waals surface area contributed by atoms with E-state index in [4.69, 9.17) is 4.74 Å². The molecule has 0 fully saturated rings. The van der Waals surface area contributed by atoms with Crippen LogP contribution in [0.4, 0.5) is 11.4 Å². The SMILES string of the molecule is Cc1cc([N+](=O)[O-])ccc1N=Cc1ccc(OCCC(C)C)cc1. The minimum atomic E-state index is -0.404. The molecule has 2 aromatic rings. The summed E-state index contributed by atoms with van der Waals surface area (Å²) >= 11 is 0. The molecule has 0 aliphatic heterocycles. The molecule has 0 aliphatic rings. The molecule has 0 radical (unpaired) electrons. The average Bonchev–Trinajstić information content (AvgIpc) is 2.54. The van der Waals surface area contributed by atoms with Crippen LogP contribution in [0.25, 0.3) is 0 Å². The van der Waals surface area contributed by atoms with Crippen LogP contribution in [-0.2, 0) is 0 Å². The standard InChI is InChI=1S/C19H22N2O3/c1-14(2)10-11-24-18-7-4-16(5-8-18)13-20-19-9-6-17(21(22)23)12-15(19)3/h4-9,12-14H,10-11H2,1-3H3. The molecule has 5 heteroatoms. The highest BCUT2D eigenvalue weighted by Gasteiger charge is 2.06. The van der Waals surface area contributed by atoms with Crippen molar-refractivity contribution >= 4 is 17.6 Å². The Morgan fingerprint density at radius 1 is 1.21 bits per heavy atom. The highest BCUT2D eigenvalue weighted by atomic mass is 16.6. The molecule has 5 nitrogen and oxygen atoms in total. The molecule has 0 amide bonds. The maximum Gasteiger partial charge on any atom is 0.269 e. The number of aryl methyl sites for hydroxylation is 1. The second-order valence-electron chi connectivity index (χ2n) is 6.09. The predicted molar refractivity (Wildman–Crippen MR) is 96.5 cm³/mol. The van der Waals surface area contributed by atoms with Gasteiger partial charge in [-0.05, 0) is 60.7 Å². The second kappa shape index (κ2) is 8.24. The third kappa shape index (κ3) is 5.19. The average molecular weight is 326 g/mol. The first-order valence-electron chi connectivity index (χ1n) is 7.97. The first-order valence-corrected chi connectivity index (χ1v) is 7.97. The zero-order chi connectivity index (χ0) is 17.5. The fraction of sp³-hybridized carbons (Fsp3) is 0.316. The topological polar surface area (TPSA) is 64.7 Å². The number of rotatable bonds is 7. The first-order chi connectivity index (χ1) is 11.5. The number of ether oxygens (including phenoxy) is 1. The Labute approximate surface area is 142 Å². The molecule has 24 heavy (non-hydrogen) atoms. The minimum absolute atomic E-state index is 0.0781. The van der Waals surface area contributed by atoms with Gasteiger partial charge >= 0.3 is 0 Å². The molecule has 0 aliphatic carbocycles. The van der Waals surface area contributed by atoms with Crippen LogP contribution in [0.1, 0.15) is 31.4 Å². The second-order valence-corrected chi connectivity index (χ2v) is 6.09. The zero-order valence-corrected chi connectivity index (χ0v) is 14.2. The van der Waals surface area contributed by atoms with Crippen molar-refractivity contribution in [1.29, 1.82) is 0 Å². The summed E-state index contributed by atoms with van der Waals surface area (Å²) < 4.78 is 5.68. The van der Waals surface area contributed by atoms with Crippen molar-refractivity contribution in [3.8, 4) is 5.75 Å². The van der Waals surface area contributed by atoms with Crippen LogP contribution in [0.3, 0.4) is 0 Å². The van der Waals surface area contributed by atoms with Gasteiger partial charge in [-0.2, -0.15) is 0 Å². The lowest BCUT2D eigenvalue weighted by molar-refractivity contribution is -0.384. The van der Waals surface area contributed by atoms with Gasteiger partial charge in [0.25, 0.3) is 5.69 Å². The fourth-order valence-corrected chi connectivity index (χ4v) is 2.10. The Bertz CT molecular complexity index is 722. The van der Waals surface area contributed by atoms with Crippen LogP contribution in [-0.4, -0.2) is 17.7 Å². The molecule has 0 saturated heterocycles. The molecular formula is C19H22N2O3. The van der Waals surface area contributed by atoms with Gasteiger partial charge in [-0.3, -0.25) is 15.1 Å².